The van der Waals surface area contributed by atoms with Crippen molar-refractivity contribution in [3.8, 4) is 0 Å². The molecular formula is C21H42N4O4. The van der Waals surface area contributed by atoms with E-state index in [1.54, 1.807) is 0 Å². The second-order valence-electron chi connectivity index (χ2n) is 8.84. The molecule has 8 heteroatoms. The summed E-state index contributed by atoms with van der Waals surface area (Å²) >= 11 is 0. The average molecular weight is 415 g/mol. The van der Waals surface area contributed by atoms with E-state index in [1.807, 2.05) is 13.8 Å². The third kappa shape index (κ3) is 15.9. The predicted octanol–water partition coefficient (Wildman–Crippen LogP) is 1.76. The van der Waals surface area contributed by atoms with E-state index in [9.17, 15) is 14.4 Å². The molecule has 8 nitrogen and oxygen atoms in total. The first-order valence-electron chi connectivity index (χ1n) is 10.8. The van der Waals surface area contributed by atoms with Gasteiger partial charge < -0.3 is 27.2 Å². The van der Waals surface area contributed by atoms with Gasteiger partial charge in [-0.1, -0.05) is 34.1 Å². The number of nitrogens with two attached hydrogens (primary N) is 2. The zero-order valence-corrected chi connectivity index (χ0v) is 18.6. The molecule has 0 saturated heterocycles. The van der Waals surface area contributed by atoms with Gasteiger partial charge in [-0.05, 0) is 44.1 Å². The van der Waals surface area contributed by atoms with Gasteiger partial charge in [0.15, 0.2) is 0 Å². The zero-order chi connectivity index (χ0) is 22.4. The molecule has 170 valence electrons. The van der Waals surface area contributed by atoms with Gasteiger partial charge in [0, 0.05) is 31.0 Å². The summed E-state index contributed by atoms with van der Waals surface area (Å²) in [4.78, 5) is 35.9. The first kappa shape index (κ1) is 27.3. The zero-order valence-electron chi connectivity index (χ0n) is 18.6. The maximum atomic E-state index is 12.5. The highest BCUT2D eigenvalue weighted by atomic mass is 16.4. The Bertz CT molecular complexity index is 497. The first-order chi connectivity index (χ1) is 13.5. The summed E-state index contributed by atoms with van der Waals surface area (Å²) in [5.41, 5.74) is 11.6. The summed E-state index contributed by atoms with van der Waals surface area (Å²) in [5, 5.41) is 14.8. The van der Waals surface area contributed by atoms with Crippen LogP contribution in [-0.4, -0.2) is 47.6 Å². The van der Waals surface area contributed by atoms with Crippen LogP contribution in [0.1, 0.15) is 79.1 Å². The summed E-state index contributed by atoms with van der Waals surface area (Å²) in [7, 11) is 0. The van der Waals surface area contributed by atoms with E-state index in [-0.39, 0.29) is 49.1 Å². The van der Waals surface area contributed by atoms with Gasteiger partial charge in [-0.3, -0.25) is 14.4 Å². The molecule has 0 aromatic heterocycles. The lowest BCUT2D eigenvalue weighted by Crippen LogP contribution is -2.44. The average Bonchev–Trinajstić information content (AvgIpc) is 2.52. The fourth-order valence-electron chi connectivity index (χ4n) is 3.46. The molecule has 0 spiro atoms. The topological polar surface area (TPSA) is 148 Å². The van der Waals surface area contributed by atoms with Gasteiger partial charge >= 0.3 is 5.97 Å². The smallest absolute Gasteiger partial charge is 0.305 e. The maximum Gasteiger partial charge on any atom is 0.305 e. The summed E-state index contributed by atoms with van der Waals surface area (Å²) in [6.45, 7) is 8.64. The third-order valence-corrected chi connectivity index (χ3v) is 4.57. The van der Waals surface area contributed by atoms with Gasteiger partial charge in [0.05, 0.1) is 6.42 Å². The van der Waals surface area contributed by atoms with Crippen molar-refractivity contribution >= 4 is 17.8 Å². The minimum Gasteiger partial charge on any atom is -0.481 e. The lowest BCUT2D eigenvalue weighted by molar-refractivity contribution is -0.137. The summed E-state index contributed by atoms with van der Waals surface area (Å²) in [6, 6.07) is -0.941. The van der Waals surface area contributed by atoms with E-state index >= 15 is 0 Å². The van der Waals surface area contributed by atoms with Gasteiger partial charge in [0.1, 0.15) is 0 Å². The molecule has 0 fully saturated rings. The van der Waals surface area contributed by atoms with Gasteiger partial charge in [0.2, 0.25) is 11.8 Å². The van der Waals surface area contributed by atoms with Crippen LogP contribution in [0.25, 0.3) is 0 Å². The molecule has 0 rings (SSSR count). The fraction of sp³-hybridized carbons (Fsp3) is 0.857. The normalized spacial score (nSPS) is 14.5. The van der Waals surface area contributed by atoms with E-state index in [0.717, 1.165) is 19.3 Å². The van der Waals surface area contributed by atoms with Crippen LogP contribution in [0.15, 0.2) is 0 Å². The Kier molecular flexibility index (Phi) is 14.3. The molecule has 0 aromatic carbocycles. The van der Waals surface area contributed by atoms with Crippen molar-refractivity contribution in [2.45, 2.75) is 97.2 Å². The standard InChI is InChI=1S/C21H42N4O4/c1-14(2)9-16(23)11-19(26)24-17(7-5-6-8-22)12-20(27)25-18(10-15(3)4)13-21(28)29/h14-18H,5-13,22-23H2,1-4H3,(H,24,26)(H,25,27)(H,28,29)/t16-,17?,18?/m0/s1. The van der Waals surface area contributed by atoms with Crippen molar-refractivity contribution in [3.05, 3.63) is 0 Å². The Balaban J connectivity index is 4.81. The summed E-state index contributed by atoms with van der Waals surface area (Å²) in [6.07, 6.45) is 3.84. The maximum absolute atomic E-state index is 12.5. The molecule has 0 aliphatic carbocycles. The van der Waals surface area contributed by atoms with Gasteiger partial charge in [-0.25, -0.2) is 0 Å². The van der Waals surface area contributed by atoms with E-state index in [1.165, 1.54) is 0 Å². The van der Waals surface area contributed by atoms with Crippen molar-refractivity contribution in [2.75, 3.05) is 6.54 Å². The number of carboxylic acids is 1. The van der Waals surface area contributed by atoms with Crippen molar-refractivity contribution in [1.82, 2.24) is 10.6 Å². The van der Waals surface area contributed by atoms with E-state index in [4.69, 9.17) is 16.6 Å². The number of hydrogen-bond donors (Lipinski definition) is 5. The number of carbonyl (C=O) groups is 3. The molecule has 0 heterocycles. The lowest BCUT2D eigenvalue weighted by Gasteiger charge is -2.23. The highest BCUT2D eigenvalue weighted by Crippen LogP contribution is 2.11. The largest absolute Gasteiger partial charge is 0.481 e. The Morgan fingerprint density at radius 2 is 1.38 bits per heavy atom. The van der Waals surface area contributed by atoms with E-state index < -0.39 is 12.0 Å². The van der Waals surface area contributed by atoms with E-state index in [0.29, 0.717) is 25.3 Å². The fourth-order valence-corrected chi connectivity index (χ4v) is 3.46. The highest BCUT2D eigenvalue weighted by molar-refractivity contribution is 5.80. The molecule has 29 heavy (non-hydrogen) atoms. The minimum atomic E-state index is -0.942. The van der Waals surface area contributed by atoms with Crippen LogP contribution in [0, 0.1) is 11.8 Å². The number of nitrogens with one attached hydrogen (secondary N) is 2. The Labute approximate surface area is 175 Å². The van der Waals surface area contributed by atoms with Crippen molar-refractivity contribution in [2.24, 2.45) is 23.3 Å². The van der Waals surface area contributed by atoms with Gasteiger partial charge in [0.25, 0.3) is 0 Å². The molecule has 0 aromatic rings. The molecular weight excluding hydrogens is 372 g/mol. The molecule has 0 aliphatic rings. The Morgan fingerprint density at radius 1 is 0.828 bits per heavy atom. The van der Waals surface area contributed by atoms with Crippen molar-refractivity contribution < 1.29 is 19.5 Å². The number of aliphatic carboxylic acids is 1. The van der Waals surface area contributed by atoms with Gasteiger partial charge in [-0.15, -0.1) is 0 Å². The Morgan fingerprint density at radius 3 is 1.90 bits per heavy atom. The highest BCUT2D eigenvalue weighted by Gasteiger charge is 2.22. The van der Waals surface area contributed by atoms with Gasteiger partial charge in [-0.2, -0.15) is 0 Å². The van der Waals surface area contributed by atoms with E-state index in [2.05, 4.69) is 24.5 Å². The number of unbranched alkanes of at least 4 members (excludes halogenated alkanes) is 1. The molecule has 0 bridgehead atoms. The SMILES string of the molecule is CC(C)CC(CC(=O)O)NC(=O)CC(CCCCN)NC(=O)C[C@@H](N)CC(C)C. The molecule has 0 aliphatic heterocycles. The second-order valence-corrected chi connectivity index (χ2v) is 8.84. The van der Waals surface area contributed by atoms with Crippen LogP contribution >= 0.6 is 0 Å². The van der Waals surface area contributed by atoms with Crippen LogP contribution in [0.4, 0.5) is 0 Å². The quantitative estimate of drug-likeness (QED) is 0.243. The van der Waals surface area contributed by atoms with Crippen LogP contribution in [0.2, 0.25) is 0 Å². The molecule has 3 atom stereocenters. The number of carbonyl (C=O) groups excluding carboxylic acids is 2. The van der Waals surface area contributed by atoms with Crippen molar-refractivity contribution in [1.29, 1.82) is 0 Å². The molecule has 0 radical (unpaired) electrons. The number of rotatable bonds is 16. The molecule has 2 amide bonds. The number of carboxylic acid groups (broad SMARTS) is 1. The minimum absolute atomic E-state index is 0.113. The van der Waals surface area contributed by atoms with Crippen LogP contribution in [0.5, 0.6) is 0 Å². The summed E-state index contributed by atoms with van der Waals surface area (Å²) in [5.74, 6) is -0.671. The molecule has 2 unspecified atom stereocenters. The number of hydrogen-bond acceptors (Lipinski definition) is 5. The second kappa shape index (κ2) is 15.2. The summed E-state index contributed by atoms with van der Waals surface area (Å²) < 4.78 is 0. The van der Waals surface area contributed by atoms with Crippen molar-refractivity contribution in [3.63, 3.8) is 0 Å². The number of amides is 2. The lowest BCUT2D eigenvalue weighted by atomic mass is 9.99. The van der Waals surface area contributed by atoms with Crippen LogP contribution in [-0.2, 0) is 14.4 Å². The monoisotopic (exact) mass is 414 g/mol. The Hall–Kier alpha value is -1.67. The molecule has 7 N–H and O–H groups in total. The predicted molar refractivity (Wildman–Crippen MR) is 115 cm³/mol. The van der Waals surface area contributed by atoms with Crippen LogP contribution < -0.4 is 22.1 Å². The molecule has 0 saturated carbocycles. The third-order valence-electron chi connectivity index (χ3n) is 4.57. The van der Waals surface area contributed by atoms with Crippen LogP contribution in [0.3, 0.4) is 0 Å². The first-order valence-corrected chi connectivity index (χ1v) is 10.8.